The molecule has 0 radical (unpaired) electrons. The van der Waals surface area contributed by atoms with E-state index in [2.05, 4.69) is 36.1 Å². The van der Waals surface area contributed by atoms with E-state index in [0.717, 1.165) is 38.4 Å². The first-order valence-corrected chi connectivity index (χ1v) is 7.72. The molecular weight excluding hydrogens is 264 g/mol. The van der Waals surface area contributed by atoms with Gasteiger partial charge in [-0.3, -0.25) is 4.98 Å². The lowest BCUT2D eigenvalue weighted by atomic mass is 9.96. The maximum atomic E-state index is 12.0. The van der Waals surface area contributed by atoms with E-state index in [1.807, 2.05) is 29.3 Å². The first-order chi connectivity index (χ1) is 10.1. The Labute approximate surface area is 127 Å². The molecule has 0 saturated carbocycles. The zero-order valence-corrected chi connectivity index (χ0v) is 13.2. The Morgan fingerprint density at radius 3 is 2.90 bits per heavy atom. The van der Waals surface area contributed by atoms with Crippen LogP contribution >= 0.6 is 0 Å². The lowest BCUT2D eigenvalue weighted by molar-refractivity contribution is 0.148. The Hall–Kier alpha value is -1.62. The molecule has 1 N–H and O–H groups in total. The van der Waals surface area contributed by atoms with Crippen molar-refractivity contribution in [3.63, 3.8) is 0 Å². The summed E-state index contributed by atoms with van der Waals surface area (Å²) in [6, 6.07) is 5.99. The number of carbonyl (C=O) groups is 1. The molecule has 1 aromatic rings. The number of hydrogen-bond acceptors (Lipinski definition) is 3. The van der Waals surface area contributed by atoms with Crippen molar-refractivity contribution in [3.8, 4) is 0 Å². The van der Waals surface area contributed by atoms with Gasteiger partial charge in [0.05, 0.1) is 0 Å². The number of likely N-dealkylation sites (tertiary alicyclic amines) is 1. The minimum absolute atomic E-state index is 0.0492. The van der Waals surface area contributed by atoms with E-state index in [4.69, 9.17) is 0 Å². The van der Waals surface area contributed by atoms with Crippen LogP contribution in [0.5, 0.6) is 0 Å². The highest BCUT2D eigenvalue weighted by Crippen LogP contribution is 2.24. The molecule has 1 atom stereocenters. The molecule has 0 aliphatic carbocycles. The largest absolute Gasteiger partial charge is 0.338 e. The number of rotatable bonds is 6. The van der Waals surface area contributed by atoms with Gasteiger partial charge < -0.3 is 15.1 Å². The number of aromatic nitrogens is 1. The van der Waals surface area contributed by atoms with Crippen molar-refractivity contribution in [1.29, 1.82) is 0 Å². The van der Waals surface area contributed by atoms with E-state index in [9.17, 15) is 4.79 Å². The van der Waals surface area contributed by atoms with Crippen LogP contribution in [0.15, 0.2) is 24.4 Å². The fourth-order valence-electron chi connectivity index (χ4n) is 2.55. The summed E-state index contributed by atoms with van der Waals surface area (Å²) in [4.78, 5) is 20.5. The number of nitrogens with zero attached hydrogens (tertiary/aromatic N) is 3. The van der Waals surface area contributed by atoms with E-state index in [-0.39, 0.29) is 6.03 Å². The number of nitrogens with one attached hydrogen (secondary N) is 1. The molecule has 2 heterocycles. The van der Waals surface area contributed by atoms with Gasteiger partial charge in [0.15, 0.2) is 0 Å². The van der Waals surface area contributed by atoms with Crippen LogP contribution in [0.1, 0.15) is 25.5 Å². The molecule has 116 valence electrons. The van der Waals surface area contributed by atoms with Crippen LogP contribution in [0, 0.1) is 5.92 Å². The van der Waals surface area contributed by atoms with Crippen molar-refractivity contribution in [2.24, 2.45) is 5.92 Å². The summed E-state index contributed by atoms with van der Waals surface area (Å²) in [6.07, 6.45) is 1.81. The summed E-state index contributed by atoms with van der Waals surface area (Å²) < 4.78 is 0. The van der Waals surface area contributed by atoms with Gasteiger partial charge in [-0.15, -0.1) is 0 Å². The Balaban J connectivity index is 1.67. The lowest BCUT2D eigenvalue weighted by Gasteiger charge is -2.39. The Morgan fingerprint density at radius 1 is 1.52 bits per heavy atom. The third kappa shape index (κ3) is 4.43. The van der Waals surface area contributed by atoms with E-state index < -0.39 is 0 Å². The van der Waals surface area contributed by atoms with Gasteiger partial charge in [-0.05, 0) is 31.6 Å². The van der Waals surface area contributed by atoms with E-state index in [1.54, 1.807) is 0 Å². The molecule has 0 unspecified atom stereocenters. The maximum absolute atomic E-state index is 12.0. The van der Waals surface area contributed by atoms with Crippen LogP contribution in [0.25, 0.3) is 0 Å². The number of carbonyl (C=O) groups excluding carboxylic acids is 1. The number of amides is 2. The molecule has 1 aromatic heterocycles. The normalized spacial score (nSPS) is 16.7. The predicted octanol–water partition coefficient (Wildman–Crippen LogP) is 1.78. The first-order valence-electron chi connectivity index (χ1n) is 7.72. The molecule has 0 bridgehead atoms. The molecule has 21 heavy (non-hydrogen) atoms. The van der Waals surface area contributed by atoms with Crippen molar-refractivity contribution in [1.82, 2.24) is 20.1 Å². The predicted molar refractivity (Wildman–Crippen MR) is 84.3 cm³/mol. The number of hydrogen-bond donors (Lipinski definition) is 1. The van der Waals surface area contributed by atoms with Gasteiger partial charge in [0.1, 0.15) is 0 Å². The average Bonchev–Trinajstić information content (AvgIpc) is 2.44. The number of urea groups is 1. The van der Waals surface area contributed by atoms with Crippen LogP contribution in [-0.4, -0.2) is 60.6 Å². The smallest absolute Gasteiger partial charge is 0.317 e. The summed E-state index contributed by atoms with van der Waals surface area (Å²) in [7, 11) is 2.10. The molecule has 5 nitrogen and oxygen atoms in total. The van der Waals surface area contributed by atoms with Crippen molar-refractivity contribution < 1.29 is 4.79 Å². The van der Waals surface area contributed by atoms with Crippen LogP contribution in [-0.2, 0) is 0 Å². The summed E-state index contributed by atoms with van der Waals surface area (Å²) in [6.45, 7) is 8.62. The zero-order valence-electron chi connectivity index (χ0n) is 13.2. The fraction of sp³-hybridized carbons (Fsp3) is 0.625. The highest BCUT2D eigenvalue weighted by Gasteiger charge is 2.32. The third-order valence-corrected chi connectivity index (χ3v) is 4.04. The Bertz CT molecular complexity index is 445. The molecule has 0 spiro atoms. The van der Waals surface area contributed by atoms with Crippen LogP contribution < -0.4 is 5.32 Å². The van der Waals surface area contributed by atoms with Gasteiger partial charge >= 0.3 is 6.03 Å². The van der Waals surface area contributed by atoms with Crippen molar-refractivity contribution in [2.45, 2.75) is 19.8 Å². The van der Waals surface area contributed by atoms with Gasteiger partial charge in [-0.25, -0.2) is 4.79 Å². The fourth-order valence-corrected chi connectivity index (χ4v) is 2.55. The second-order valence-electron chi connectivity index (χ2n) is 6.00. The minimum atomic E-state index is 0.0492. The minimum Gasteiger partial charge on any atom is -0.338 e. The Kier molecular flexibility index (Phi) is 5.56. The molecule has 5 heteroatoms. The molecule has 1 aliphatic rings. The molecule has 2 amide bonds. The SMILES string of the molecule is CCN(C)C[C@@H](C)CNC(=O)N1CC(c2ccccn2)C1. The van der Waals surface area contributed by atoms with Gasteiger partial charge in [0.25, 0.3) is 0 Å². The van der Waals surface area contributed by atoms with Crippen LogP contribution in [0.4, 0.5) is 4.79 Å². The highest BCUT2D eigenvalue weighted by atomic mass is 16.2. The summed E-state index contributed by atoms with van der Waals surface area (Å²) in [5, 5.41) is 3.03. The monoisotopic (exact) mass is 290 g/mol. The second kappa shape index (κ2) is 7.41. The lowest BCUT2D eigenvalue weighted by Crippen LogP contribution is -2.53. The molecule has 1 aliphatic heterocycles. The second-order valence-corrected chi connectivity index (χ2v) is 6.00. The van der Waals surface area contributed by atoms with Gasteiger partial charge in [0, 0.05) is 44.0 Å². The molecular formula is C16H26N4O. The maximum Gasteiger partial charge on any atom is 0.317 e. The zero-order chi connectivity index (χ0) is 15.2. The standard InChI is InChI=1S/C16H26N4O/c1-4-19(3)10-13(2)9-18-16(21)20-11-14(12-20)15-7-5-6-8-17-15/h5-8,13-14H,4,9-12H2,1-3H3,(H,18,21)/t13-/m0/s1. The average molecular weight is 290 g/mol. The van der Waals surface area contributed by atoms with Gasteiger partial charge in [0.2, 0.25) is 0 Å². The highest BCUT2D eigenvalue weighted by molar-refractivity contribution is 5.75. The molecule has 2 rings (SSSR count). The molecule has 1 fully saturated rings. The quantitative estimate of drug-likeness (QED) is 0.869. The van der Waals surface area contributed by atoms with E-state index >= 15 is 0 Å². The topological polar surface area (TPSA) is 48.5 Å². The molecule has 1 saturated heterocycles. The third-order valence-electron chi connectivity index (χ3n) is 4.04. The van der Waals surface area contributed by atoms with Crippen LogP contribution in [0.2, 0.25) is 0 Å². The van der Waals surface area contributed by atoms with Crippen molar-refractivity contribution in [3.05, 3.63) is 30.1 Å². The summed E-state index contributed by atoms with van der Waals surface area (Å²) in [5.41, 5.74) is 1.08. The van der Waals surface area contributed by atoms with Crippen molar-refractivity contribution >= 4 is 6.03 Å². The van der Waals surface area contributed by atoms with Crippen LogP contribution in [0.3, 0.4) is 0 Å². The van der Waals surface area contributed by atoms with E-state index in [1.165, 1.54) is 0 Å². The van der Waals surface area contributed by atoms with Crippen molar-refractivity contribution in [2.75, 3.05) is 39.8 Å². The Morgan fingerprint density at radius 2 is 2.29 bits per heavy atom. The van der Waals surface area contributed by atoms with Gasteiger partial charge in [-0.2, -0.15) is 0 Å². The first kappa shape index (κ1) is 15.8. The number of pyridine rings is 1. The molecule has 0 aromatic carbocycles. The van der Waals surface area contributed by atoms with E-state index in [0.29, 0.717) is 11.8 Å². The summed E-state index contributed by atoms with van der Waals surface area (Å²) in [5.74, 6) is 0.854. The van der Waals surface area contributed by atoms with Gasteiger partial charge in [-0.1, -0.05) is 19.9 Å². The summed E-state index contributed by atoms with van der Waals surface area (Å²) >= 11 is 0.